The number of aryl methyl sites for hydroxylation is 1. The Hall–Kier alpha value is -1.17. The van der Waals surface area contributed by atoms with E-state index in [9.17, 15) is 14.5 Å². The Labute approximate surface area is 107 Å². The minimum Gasteiger partial charge on any atom is -0.490 e. The number of alkyl halides is 1. The van der Waals surface area contributed by atoms with Crippen LogP contribution in [0.3, 0.4) is 0 Å². The number of halogens is 2. The van der Waals surface area contributed by atoms with E-state index in [1.165, 1.54) is 6.07 Å². The number of hydrogen-bond acceptors (Lipinski definition) is 3. The summed E-state index contributed by atoms with van der Waals surface area (Å²) in [6, 6.07) is 2.25. The van der Waals surface area contributed by atoms with Crippen LogP contribution in [0.25, 0.3) is 0 Å². The summed E-state index contributed by atoms with van der Waals surface area (Å²) in [6.07, 6.45) is 0. The number of hydrogen-bond donors (Lipinski definition) is 0. The summed E-state index contributed by atoms with van der Waals surface area (Å²) in [4.78, 5) is 9.98. The summed E-state index contributed by atoms with van der Waals surface area (Å²) in [6.45, 7) is 3.86. The smallest absolute Gasteiger partial charge is 0.275 e. The van der Waals surface area contributed by atoms with Crippen LogP contribution in [0, 0.1) is 28.8 Å². The molecule has 17 heavy (non-hydrogen) atoms. The van der Waals surface area contributed by atoms with Gasteiger partial charge in [0.2, 0.25) is 0 Å². The van der Waals surface area contributed by atoms with Gasteiger partial charge < -0.3 is 4.74 Å². The molecule has 0 N–H and O–H groups in total. The van der Waals surface area contributed by atoms with Crippen LogP contribution in [0.1, 0.15) is 12.5 Å². The lowest BCUT2D eigenvalue weighted by Crippen LogP contribution is -2.10. The molecular formula is C11H13BrFNO3. The third-order valence-corrected chi connectivity index (χ3v) is 3.34. The molecule has 0 aromatic heterocycles. The number of benzene rings is 1. The van der Waals surface area contributed by atoms with Gasteiger partial charge in [-0.25, -0.2) is 4.39 Å². The van der Waals surface area contributed by atoms with Crippen molar-refractivity contribution in [3.8, 4) is 5.75 Å². The van der Waals surface area contributed by atoms with Crippen molar-refractivity contribution in [2.75, 3.05) is 11.9 Å². The largest absolute Gasteiger partial charge is 0.490 e. The Morgan fingerprint density at radius 2 is 2.24 bits per heavy atom. The van der Waals surface area contributed by atoms with E-state index < -0.39 is 10.7 Å². The molecule has 1 rings (SSSR count). The van der Waals surface area contributed by atoms with Gasteiger partial charge in [0, 0.05) is 10.9 Å². The molecule has 1 aromatic rings. The average Bonchev–Trinajstić information content (AvgIpc) is 2.28. The maximum absolute atomic E-state index is 13.5. The van der Waals surface area contributed by atoms with Crippen LogP contribution in [-0.2, 0) is 0 Å². The second kappa shape index (κ2) is 5.95. The van der Waals surface area contributed by atoms with E-state index in [0.29, 0.717) is 12.2 Å². The molecule has 0 heterocycles. The fourth-order valence-electron chi connectivity index (χ4n) is 1.23. The molecule has 0 aliphatic rings. The van der Waals surface area contributed by atoms with Gasteiger partial charge in [-0.15, -0.1) is 0 Å². The number of ether oxygens (including phenoxy) is 1. The van der Waals surface area contributed by atoms with Crippen molar-refractivity contribution in [1.82, 2.24) is 0 Å². The highest BCUT2D eigenvalue weighted by atomic mass is 79.9. The van der Waals surface area contributed by atoms with E-state index in [0.717, 1.165) is 11.4 Å². The summed E-state index contributed by atoms with van der Waals surface area (Å²) >= 11 is 3.29. The molecule has 1 atom stereocenters. The summed E-state index contributed by atoms with van der Waals surface area (Å²) < 4.78 is 18.8. The highest BCUT2D eigenvalue weighted by Gasteiger charge is 2.16. The van der Waals surface area contributed by atoms with E-state index in [1.807, 2.05) is 6.92 Å². The molecule has 94 valence electrons. The zero-order valence-electron chi connectivity index (χ0n) is 9.57. The normalized spacial score (nSPS) is 12.2. The first-order chi connectivity index (χ1) is 7.95. The van der Waals surface area contributed by atoms with Crippen molar-refractivity contribution in [1.29, 1.82) is 0 Å². The molecule has 0 amide bonds. The van der Waals surface area contributed by atoms with E-state index in [4.69, 9.17) is 4.74 Å². The van der Waals surface area contributed by atoms with Crippen molar-refractivity contribution >= 4 is 21.6 Å². The Morgan fingerprint density at radius 3 is 2.76 bits per heavy atom. The third kappa shape index (κ3) is 3.66. The van der Waals surface area contributed by atoms with Crippen LogP contribution < -0.4 is 4.74 Å². The van der Waals surface area contributed by atoms with E-state index in [2.05, 4.69) is 15.9 Å². The van der Waals surface area contributed by atoms with Crippen molar-refractivity contribution in [3.63, 3.8) is 0 Å². The number of nitrogens with zero attached hydrogens (tertiary/aromatic N) is 1. The number of rotatable bonds is 5. The van der Waals surface area contributed by atoms with Gasteiger partial charge in [-0.3, -0.25) is 10.1 Å². The highest BCUT2D eigenvalue weighted by molar-refractivity contribution is 9.09. The number of nitro benzene ring substituents is 1. The van der Waals surface area contributed by atoms with Crippen molar-refractivity contribution in [3.05, 3.63) is 33.6 Å². The minimum absolute atomic E-state index is 0.0564. The lowest BCUT2D eigenvalue weighted by Gasteiger charge is -2.11. The van der Waals surface area contributed by atoms with Crippen LogP contribution in [0.2, 0.25) is 0 Å². The summed E-state index contributed by atoms with van der Waals surface area (Å²) in [5.41, 5.74) is 0.154. The van der Waals surface area contributed by atoms with Crippen molar-refractivity contribution in [2.24, 2.45) is 5.92 Å². The van der Waals surface area contributed by atoms with E-state index in [-0.39, 0.29) is 17.4 Å². The first-order valence-electron chi connectivity index (χ1n) is 5.09. The molecule has 6 heteroatoms. The van der Waals surface area contributed by atoms with Crippen LogP contribution in [0.5, 0.6) is 5.75 Å². The third-order valence-electron chi connectivity index (χ3n) is 2.23. The average molecular weight is 306 g/mol. The zero-order chi connectivity index (χ0) is 13.0. The van der Waals surface area contributed by atoms with Crippen LogP contribution in [0.15, 0.2) is 12.1 Å². The van der Waals surface area contributed by atoms with Gasteiger partial charge in [0.15, 0.2) is 11.6 Å². The predicted octanol–water partition coefficient (Wildman–Crippen LogP) is 3.45. The summed E-state index contributed by atoms with van der Waals surface area (Å²) in [7, 11) is 0. The second-order valence-corrected chi connectivity index (χ2v) is 4.54. The second-order valence-electron chi connectivity index (χ2n) is 3.90. The first-order valence-corrected chi connectivity index (χ1v) is 6.21. The highest BCUT2D eigenvalue weighted by Crippen LogP contribution is 2.27. The Bertz CT molecular complexity index is 425. The molecule has 0 spiro atoms. The van der Waals surface area contributed by atoms with Crippen LogP contribution >= 0.6 is 15.9 Å². The summed E-state index contributed by atoms with van der Waals surface area (Å²) in [5.74, 6) is -0.408. The Kier molecular flexibility index (Phi) is 4.86. The molecule has 1 aromatic carbocycles. The molecule has 0 bridgehead atoms. The molecule has 0 aliphatic heterocycles. The topological polar surface area (TPSA) is 52.4 Å². The number of nitro groups is 1. The molecule has 4 nitrogen and oxygen atoms in total. The first kappa shape index (κ1) is 13.9. The quantitative estimate of drug-likeness (QED) is 0.475. The maximum Gasteiger partial charge on any atom is 0.275 e. The van der Waals surface area contributed by atoms with Gasteiger partial charge in [-0.1, -0.05) is 22.9 Å². The SMILES string of the molecule is Cc1cc(OCC(C)CBr)c(F)cc1[N+](=O)[O-]. The molecular weight excluding hydrogens is 293 g/mol. The standard InChI is InChI=1S/C11H13BrFNO3/c1-7(5-12)6-17-11-3-8(2)10(14(15)16)4-9(11)13/h3-4,7H,5-6H2,1-2H3. The van der Waals surface area contributed by atoms with Gasteiger partial charge in [-0.05, 0) is 18.9 Å². The van der Waals surface area contributed by atoms with E-state index >= 15 is 0 Å². The van der Waals surface area contributed by atoms with Gasteiger partial charge >= 0.3 is 0 Å². The van der Waals surface area contributed by atoms with Gasteiger partial charge in [0.25, 0.3) is 5.69 Å². The van der Waals surface area contributed by atoms with Gasteiger partial charge in [0.05, 0.1) is 17.6 Å². The van der Waals surface area contributed by atoms with Gasteiger partial charge in [0.1, 0.15) is 0 Å². The maximum atomic E-state index is 13.5. The fourth-order valence-corrected chi connectivity index (χ4v) is 1.42. The fraction of sp³-hybridized carbons (Fsp3) is 0.455. The van der Waals surface area contributed by atoms with E-state index in [1.54, 1.807) is 6.92 Å². The Morgan fingerprint density at radius 1 is 1.59 bits per heavy atom. The van der Waals surface area contributed by atoms with Crippen molar-refractivity contribution < 1.29 is 14.1 Å². The molecule has 0 radical (unpaired) electrons. The van der Waals surface area contributed by atoms with Crippen molar-refractivity contribution in [2.45, 2.75) is 13.8 Å². The molecule has 0 saturated carbocycles. The monoisotopic (exact) mass is 305 g/mol. The molecule has 0 fully saturated rings. The zero-order valence-corrected chi connectivity index (χ0v) is 11.2. The van der Waals surface area contributed by atoms with Crippen LogP contribution in [0.4, 0.5) is 10.1 Å². The molecule has 0 aliphatic carbocycles. The molecule has 1 unspecified atom stereocenters. The van der Waals surface area contributed by atoms with Gasteiger partial charge in [-0.2, -0.15) is 0 Å². The predicted molar refractivity (Wildman–Crippen MR) is 66.2 cm³/mol. The molecule has 0 saturated heterocycles. The lowest BCUT2D eigenvalue weighted by molar-refractivity contribution is -0.385. The Balaban J connectivity index is 2.88. The lowest BCUT2D eigenvalue weighted by atomic mass is 10.2. The minimum atomic E-state index is -0.705. The van der Waals surface area contributed by atoms with Crippen LogP contribution in [-0.4, -0.2) is 16.9 Å². The summed E-state index contributed by atoms with van der Waals surface area (Å²) in [5, 5.41) is 11.3.